The van der Waals surface area contributed by atoms with Crippen LogP contribution in [0.5, 0.6) is 11.5 Å². The van der Waals surface area contributed by atoms with Crippen LogP contribution in [0.2, 0.25) is 0 Å². The summed E-state index contributed by atoms with van der Waals surface area (Å²) in [5, 5.41) is 3.70. The first kappa shape index (κ1) is 20.7. The van der Waals surface area contributed by atoms with Crippen molar-refractivity contribution in [2.75, 3.05) is 54.0 Å². The summed E-state index contributed by atoms with van der Waals surface area (Å²) in [6, 6.07) is 6.74. The molecule has 1 aliphatic rings. The molecular formula is C21H35N3O2. The molecule has 0 atom stereocenters. The number of likely N-dealkylation sites (N-methyl/N-ethyl adjacent to an activating group) is 1. The lowest BCUT2D eigenvalue weighted by atomic mass is 10.0. The summed E-state index contributed by atoms with van der Waals surface area (Å²) in [5.74, 6) is 1.55. The van der Waals surface area contributed by atoms with Crippen LogP contribution >= 0.6 is 0 Å². The lowest BCUT2D eigenvalue weighted by molar-refractivity contribution is 0.182. The molecule has 1 N–H and O–H groups in total. The van der Waals surface area contributed by atoms with Gasteiger partial charge in [-0.2, -0.15) is 0 Å². The van der Waals surface area contributed by atoms with Gasteiger partial charge in [-0.1, -0.05) is 12.6 Å². The Balaban J connectivity index is 1.80. The van der Waals surface area contributed by atoms with Gasteiger partial charge in [0.2, 0.25) is 0 Å². The Labute approximate surface area is 159 Å². The monoisotopic (exact) mass is 361 g/mol. The summed E-state index contributed by atoms with van der Waals surface area (Å²) in [6.45, 7) is 11.9. The second-order valence-corrected chi connectivity index (χ2v) is 7.53. The molecule has 1 heterocycles. The molecule has 5 nitrogen and oxygen atoms in total. The zero-order chi connectivity index (χ0) is 18.9. The molecule has 1 aliphatic heterocycles. The van der Waals surface area contributed by atoms with Crippen LogP contribution in [0.3, 0.4) is 0 Å². The Morgan fingerprint density at radius 1 is 1.27 bits per heavy atom. The van der Waals surface area contributed by atoms with E-state index in [1.54, 1.807) is 7.11 Å². The van der Waals surface area contributed by atoms with Crippen LogP contribution in [-0.4, -0.2) is 69.8 Å². The highest BCUT2D eigenvalue weighted by atomic mass is 16.5. The van der Waals surface area contributed by atoms with Crippen molar-refractivity contribution in [3.05, 3.63) is 35.9 Å². The van der Waals surface area contributed by atoms with Crippen molar-refractivity contribution < 1.29 is 9.47 Å². The van der Waals surface area contributed by atoms with Crippen LogP contribution in [-0.2, 0) is 6.54 Å². The van der Waals surface area contributed by atoms with Gasteiger partial charge in [0.05, 0.1) is 7.11 Å². The van der Waals surface area contributed by atoms with Crippen LogP contribution in [0.15, 0.2) is 30.4 Å². The number of piperidine rings is 1. The standard InChI is InChI=1S/C21H35N3O2/c1-17(2)16-26-21-14-18(6-7-20(21)25-5)15-22-19-8-10-24(11-9-19)13-12-23(3)4/h6-7,14,19,22H,1,8-13,15-16H2,2-5H3. The van der Waals surface area contributed by atoms with Gasteiger partial charge in [-0.25, -0.2) is 0 Å². The molecule has 0 aromatic heterocycles. The molecule has 0 aliphatic carbocycles. The van der Waals surface area contributed by atoms with Crippen molar-refractivity contribution >= 4 is 0 Å². The number of hydrogen-bond acceptors (Lipinski definition) is 5. The number of rotatable bonds is 10. The molecule has 1 aromatic carbocycles. The van der Waals surface area contributed by atoms with Crippen molar-refractivity contribution in [2.24, 2.45) is 0 Å². The fourth-order valence-corrected chi connectivity index (χ4v) is 3.11. The first-order valence-electron chi connectivity index (χ1n) is 9.52. The lowest BCUT2D eigenvalue weighted by Crippen LogP contribution is -2.44. The fourth-order valence-electron chi connectivity index (χ4n) is 3.11. The minimum Gasteiger partial charge on any atom is -0.493 e. The van der Waals surface area contributed by atoms with E-state index in [9.17, 15) is 0 Å². The average molecular weight is 362 g/mol. The molecule has 146 valence electrons. The third-order valence-electron chi connectivity index (χ3n) is 4.75. The van der Waals surface area contributed by atoms with E-state index >= 15 is 0 Å². The Morgan fingerprint density at radius 2 is 2.00 bits per heavy atom. The summed E-state index contributed by atoms with van der Waals surface area (Å²) < 4.78 is 11.2. The number of ether oxygens (including phenoxy) is 2. The zero-order valence-corrected chi connectivity index (χ0v) is 16.9. The van der Waals surface area contributed by atoms with E-state index in [1.807, 2.05) is 13.0 Å². The van der Waals surface area contributed by atoms with Gasteiger partial charge in [0.1, 0.15) is 6.61 Å². The van der Waals surface area contributed by atoms with Crippen molar-refractivity contribution in [1.82, 2.24) is 15.1 Å². The Morgan fingerprint density at radius 3 is 2.62 bits per heavy atom. The van der Waals surface area contributed by atoms with Gasteiger partial charge in [-0.05, 0) is 70.2 Å². The third kappa shape index (κ3) is 6.98. The van der Waals surface area contributed by atoms with E-state index in [0.29, 0.717) is 12.6 Å². The van der Waals surface area contributed by atoms with Gasteiger partial charge >= 0.3 is 0 Å². The average Bonchev–Trinajstić information content (AvgIpc) is 2.63. The lowest BCUT2D eigenvalue weighted by Gasteiger charge is -2.33. The third-order valence-corrected chi connectivity index (χ3v) is 4.75. The zero-order valence-electron chi connectivity index (χ0n) is 16.9. The second kappa shape index (κ2) is 10.6. The van der Waals surface area contributed by atoms with Gasteiger partial charge in [0.25, 0.3) is 0 Å². The SMILES string of the molecule is C=C(C)COc1cc(CNC2CCN(CCN(C)C)CC2)ccc1OC. The predicted molar refractivity (Wildman–Crippen MR) is 108 cm³/mol. The van der Waals surface area contributed by atoms with E-state index in [1.165, 1.54) is 38.0 Å². The number of nitrogens with zero attached hydrogens (tertiary/aromatic N) is 2. The van der Waals surface area contributed by atoms with E-state index in [2.05, 4.69) is 47.9 Å². The molecule has 0 bridgehead atoms. The van der Waals surface area contributed by atoms with Gasteiger partial charge in [0.15, 0.2) is 11.5 Å². The maximum atomic E-state index is 5.82. The number of likely N-dealkylation sites (tertiary alicyclic amines) is 1. The maximum absolute atomic E-state index is 5.82. The van der Waals surface area contributed by atoms with Gasteiger partial charge < -0.3 is 24.6 Å². The summed E-state index contributed by atoms with van der Waals surface area (Å²) in [5.41, 5.74) is 2.22. The van der Waals surface area contributed by atoms with Crippen LogP contribution in [0.4, 0.5) is 0 Å². The molecule has 0 spiro atoms. The first-order valence-corrected chi connectivity index (χ1v) is 9.52. The van der Waals surface area contributed by atoms with Crippen molar-refractivity contribution in [1.29, 1.82) is 0 Å². The molecule has 0 saturated carbocycles. The highest BCUT2D eigenvalue weighted by Gasteiger charge is 2.18. The molecule has 5 heteroatoms. The molecule has 2 rings (SSSR count). The molecule has 0 amide bonds. The Bertz CT molecular complexity index is 566. The molecule has 0 radical (unpaired) electrons. The van der Waals surface area contributed by atoms with E-state index in [4.69, 9.17) is 9.47 Å². The summed E-state index contributed by atoms with van der Waals surface area (Å²) in [4.78, 5) is 4.82. The summed E-state index contributed by atoms with van der Waals surface area (Å²) in [7, 11) is 5.94. The topological polar surface area (TPSA) is 37.0 Å². The van der Waals surface area contributed by atoms with E-state index in [-0.39, 0.29) is 0 Å². The van der Waals surface area contributed by atoms with Crippen molar-refractivity contribution in [2.45, 2.75) is 32.4 Å². The highest BCUT2D eigenvalue weighted by molar-refractivity contribution is 5.43. The smallest absolute Gasteiger partial charge is 0.161 e. The molecule has 1 fully saturated rings. The van der Waals surface area contributed by atoms with Crippen LogP contribution in [0, 0.1) is 0 Å². The van der Waals surface area contributed by atoms with Crippen molar-refractivity contribution in [3.8, 4) is 11.5 Å². The van der Waals surface area contributed by atoms with Crippen LogP contribution in [0.25, 0.3) is 0 Å². The van der Waals surface area contributed by atoms with Crippen molar-refractivity contribution in [3.63, 3.8) is 0 Å². The van der Waals surface area contributed by atoms with Gasteiger partial charge in [-0.15, -0.1) is 0 Å². The largest absolute Gasteiger partial charge is 0.493 e. The van der Waals surface area contributed by atoms with E-state index in [0.717, 1.165) is 30.2 Å². The molecule has 26 heavy (non-hydrogen) atoms. The molecule has 1 saturated heterocycles. The summed E-state index contributed by atoms with van der Waals surface area (Å²) >= 11 is 0. The Kier molecular flexibility index (Phi) is 8.42. The normalized spacial score (nSPS) is 16.0. The molecule has 1 aromatic rings. The molecular weight excluding hydrogens is 326 g/mol. The van der Waals surface area contributed by atoms with E-state index < -0.39 is 0 Å². The minimum atomic E-state index is 0.513. The predicted octanol–water partition coefficient (Wildman–Crippen LogP) is 2.77. The van der Waals surface area contributed by atoms with Crippen LogP contribution in [0.1, 0.15) is 25.3 Å². The highest BCUT2D eigenvalue weighted by Crippen LogP contribution is 2.28. The molecule has 0 unspecified atom stereocenters. The second-order valence-electron chi connectivity index (χ2n) is 7.53. The van der Waals surface area contributed by atoms with Crippen LogP contribution < -0.4 is 14.8 Å². The van der Waals surface area contributed by atoms with Gasteiger partial charge in [-0.3, -0.25) is 0 Å². The number of nitrogens with one attached hydrogen (secondary N) is 1. The summed E-state index contributed by atoms with van der Waals surface area (Å²) in [6.07, 6.45) is 2.42. The quantitative estimate of drug-likeness (QED) is 0.649. The maximum Gasteiger partial charge on any atom is 0.161 e. The number of methoxy groups -OCH3 is 1. The fraction of sp³-hybridized carbons (Fsp3) is 0.619. The first-order chi connectivity index (χ1) is 12.5. The number of hydrogen-bond donors (Lipinski definition) is 1. The Hall–Kier alpha value is -1.56. The van der Waals surface area contributed by atoms with Gasteiger partial charge in [0, 0.05) is 25.7 Å². The minimum absolute atomic E-state index is 0.513. The number of benzene rings is 1.